The van der Waals surface area contributed by atoms with Gasteiger partial charge in [-0.25, -0.2) is 9.78 Å². The Morgan fingerprint density at radius 2 is 1.67 bits per heavy atom. The van der Waals surface area contributed by atoms with Crippen molar-refractivity contribution in [3.8, 4) is 17.0 Å². The Balaban J connectivity index is 1.52. The molecule has 0 radical (unpaired) electrons. The highest BCUT2D eigenvalue weighted by Gasteiger charge is 2.11. The number of benzene rings is 3. The van der Waals surface area contributed by atoms with Gasteiger partial charge in [0.25, 0.3) is 0 Å². The highest BCUT2D eigenvalue weighted by Crippen LogP contribution is 2.31. The van der Waals surface area contributed by atoms with Crippen molar-refractivity contribution in [2.45, 2.75) is 0 Å². The monoisotopic (exact) mass is 375 g/mol. The first-order valence-corrected chi connectivity index (χ1v) is 9.27. The molecule has 0 aliphatic heterocycles. The van der Waals surface area contributed by atoms with Crippen LogP contribution in [0.4, 0.5) is 15.6 Å². The lowest BCUT2D eigenvalue weighted by atomic mass is 10.1. The summed E-state index contributed by atoms with van der Waals surface area (Å²) in [5.41, 5.74) is 2.57. The molecule has 0 aliphatic carbocycles. The van der Waals surface area contributed by atoms with Crippen LogP contribution in [0.3, 0.4) is 0 Å². The SMILES string of the molecule is COc1ccc(NC(=O)Nc2nc(-c3ccccc3)cs2)c2ccccc12. The molecule has 0 fully saturated rings. The maximum absolute atomic E-state index is 12.4. The first-order chi connectivity index (χ1) is 13.2. The smallest absolute Gasteiger partial charge is 0.325 e. The van der Waals surface area contributed by atoms with Crippen molar-refractivity contribution in [2.75, 3.05) is 17.7 Å². The molecule has 0 saturated carbocycles. The number of hydrogen-bond donors (Lipinski definition) is 2. The van der Waals surface area contributed by atoms with E-state index in [4.69, 9.17) is 4.74 Å². The number of urea groups is 1. The number of amides is 2. The molecule has 0 spiro atoms. The van der Waals surface area contributed by atoms with E-state index < -0.39 is 0 Å². The molecule has 0 unspecified atom stereocenters. The van der Waals surface area contributed by atoms with E-state index in [1.54, 1.807) is 7.11 Å². The number of thiazole rings is 1. The van der Waals surface area contributed by atoms with Gasteiger partial charge in [-0.15, -0.1) is 11.3 Å². The maximum atomic E-state index is 12.4. The van der Waals surface area contributed by atoms with Gasteiger partial charge in [-0.2, -0.15) is 0 Å². The summed E-state index contributed by atoms with van der Waals surface area (Å²) in [6.45, 7) is 0. The lowest BCUT2D eigenvalue weighted by Crippen LogP contribution is -2.19. The summed E-state index contributed by atoms with van der Waals surface area (Å²) in [6, 6.07) is 21.0. The molecular weight excluding hydrogens is 358 g/mol. The second-order valence-electron chi connectivity index (χ2n) is 5.84. The summed E-state index contributed by atoms with van der Waals surface area (Å²) in [4.78, 5) is 16.9. The quantitative estimate of drug-likeness (QED) is 0.487. The van der Waals surface area contributed by atoms with Gasteiger partial charge in [0.1, 0.15) is 5.75 Å². The minimum absolute atomic E-state index is 0.334. The van der Waals surface area contributed by atoms with Crippen LogP contribution in [0.15, 0.2) is 72.1 Å². The van der Waals surface area contributed by atoms with Crippen LogP contribution in [-0.4, -0.2) is 18.1 Å². The molecule has 2 N–H and O–H groups in total. The Morgan fingerprint density at radius 1 is 0.926 bits per heavy atom. The third-order valence-corrected chi connectivity index (χ3v) is 4.90. The summed E-state index contributed by atoms with van der Waals surface area (Å²) < 4.78 is 5.39. The highest BCUT2D eigenvalue weighted by molar-refractivity contribution is 7.14. The number of methoxy groups -OCH3 is 1. The van der Waals surface area contributed by atoms with E-state index in [0.29, 0.717) is 10.8 Å². The number of nitrogens with zero attached hydrogens (tertiary/aromatic N) is 1. The Labute approximate surface area is 160 Å². The summed E-state index contributed by atoms with van der Waals surface area (Å²) in [7, 11) is 1.63. The molecule has 3 aromatic carbocycles. The van der Waals surface area contributed by atoms with Crippen LogP contribution in [0.25, 0.3) is 22.0 Å². The second kappa shape index (κ2) is 7.47. The van der Waals surface area contributed by atoms with Gasteiger partial charge in [0.05, 0.1) is 18.5 Å². The van der Waals surface area contributed by atoms with Crippen LogP contribution in [0.5, 0.6) is 5.75 Å². The molecule has 4 aromatic rings. The van der Waals surface area contributed by atoms with Crippen molar-refractivity contribution in [2.24, 2.45) is 0 Å². The standard InChI is InChI=1S/C21H17N3O2S/c1-26-19-12-11-17(15-9-5-6-10-16(15)19)22-20(25)24-21-23-18(13-27-21)14-7-3-2-4-8-14/h2-13H,1H3,(H2,22,23,24,25). The molecule has 1 heterocycles. The lowest BCUT2D eigenvalue weighted by molar-refractivity contribution is 0.262. The number of nitrogens with one attached hydrogen (secondary N) is 2. The van der Waals surface area contributed by atoms with E-state index in [1.165, 1.54) is 11.3 Å². The predicted octanol–water partition coefficient (Wildman–Crippen LogP) is 5.62. The van der Waals surface area contributed by atoms with Crippen molar-refractivity contribution >= 4 is 39.0 Å². The molecule has 0 atom stereocenters. The Kier molecular flexibility index (Phi) is 4.72. The molecule has 134 valence electrons. The fraction of sp³-hybridized carbons (Fsp3) is 0.0476. The molecular formula is C21H17N3O2S. The van der Waals surface area contributed by atoms with E-state index in [-0.39, 0.29) is 6.03 Å². The van der Waals surface area contributed by atoms with Gasteiger partial charge in [-0.1, -0.05) is 54.6 Å². The van der Waals surface area contributed by atoms with E-state index in [2.05, 4.69) is 15.6 Å². The number of carbonyl (C=O) groups excluding carboxylic acids is 1. The topological polar surface area (TPSA) is 63.2 Å². The molecule has 1 aromatic heterocycles. The Morgan fingerprint density at radius 3 is 2.44 bits per heavy atom. The normalized spacial score (nSPS) is 10.6. The second-order valence-corrected chi connectivity index (χ2v) is 6.70. The average molecular weight is 375 g/mol. The first kappa shape index (κ1) is 17.1. The third kappa shape index (κ3) is 3.61. The summed E-state index contributed by atoms with van der Waals surface area (Å²) in [5, 5.41) is 10.0. The van der Waals surface area contributed by atoms with Crippen molar-refractivity contribution in [1.29, 1.82) is 0 Å². The van der Waals surface area contributed by atoms with Crippen LogP contribution in [0.1, 0.15) is 0 Å². The molecule has 6 heteroatoms. The average Bonchev–Trinajstić information content (AvgIpc) is 3.17. The summed E-state index contributed by atoms with van der Waals surface area (Å²) in [5.74, 6) is 0.768. The van der Waals surface area contributed by atoms with Crippen LogP contribution in [-0.2, 0) is 0 Å². The first-order valence-electron chi connectivity index (χ1n) is 8.39. The Bertz CT molecular complexity index is 1090. The third-order valence-electron chi connectivity index (χ3n) is 4.15. The fourth-order valence-corrected chi connectivity index (χ4v) is 3.60. The zero-order valence-corrected chi connectivity index (χ0v) is 15.4. The van der Waals surface area contributed by atoms with E-state index in [1.807, 2.05) is 72.1 Å². The van der Waals surface area contributed by atoms with Crippen LogP contribution in [0.2, 0.25) is 0 Å². The number of hydrogen-bond acceptors (Lipinski definition) is 4. The zero-order valence-electron chi connectivity index (χ0n) is 14.6. The van der Waals surface area contributed by atoms with Crippen LogP contribution in [0, 0.1) is 0 Å². The summed E-state index contributed by atoms with van der Waals surface area (Å²) in [6.07, 6.45) is 0. The lowest BCUT2D eigenvalue weighted by Gasteiger charge is -2.11. The van der Waals surface area contributed by atoms with Gasteiger partial charge in [0.15, 0.2) is 5.13 Å². The van der Waals surface area contributed by atoms with E-state index in [9.17, 15) is 4.79 Å². The van der Waals surface area contributed by atoms with Gasteiger partial charge in [-0.05, 0) is 12.1 Å². The molecule has 27 heavy (non-hydrogen) atoms. The molecule has 0 aliphatic rings. The van der Waals surface area contributed by atoms with Gasteiger partial charge in [-0.3, -0.25) is 5.32 Å². The molecule has 0 saturated heterocycles. The fourth-order valence-electron chi connectivity index (χ4n) is 2.88. The number of aromatic nitrogens is 1. The summed E-state index contributed by atoms with van der Waals surface area (Å²) >= 11 is 1.39. The van der Waals surface area contributed by atoms with Crippen molar-refractivity contribution < 1.29 is 9.53 Å². The van der Waals surface area contributed by atoms with E-state index >= 15 is 0 Å². The van der Waals surface area contributed by atoms with E-state index in [0.717, 1.165) is 27.8 Å². The molecule has 0 bridgehead atoms. The minimum Gasteiger partial charge on any atom is -0.496 e. The number of anilines is 2. The zero-order chi connectivity index (χ0) is 18.6. The van der Waals surface area contributed by atoms with Gasteiger partial charge >= 0.3 is 6.03 Å². The number of fused-ring (bicyclic) bond motifs is 1. The van der Waals surface area contributed by atoms with Crippen molar-refractivity contribution in [3.05, 3.63) is 72.1 Å². The van der Waals surface area contributed by atoms with Crippen LogP contribution >= 0.6 is 11.3 Å². The number of rotatable bonds is 4. The number of ether oxygens (including phenoxy) is 1. The van der Waals surface area contributed by atoms with Crippen molar-refractivity contribution in [1.82, 2.24) is 4.98 Å². The largest absolute Gasteiger partial charge is 0.496 e. The highest BCUT2D eigenvalue weighted by atomic mass is 32.1. The van der Waals surface area contributed by atoms with Crippen molar-refractivity contribution in [3.63, 3.8) is 0 Å². The maximum Gasteiger partial charge on any atom is 0.325 e. The minimum atomic E-state index is -0.334. The van der Waals surface area contributed by atoms with Gasteiger partial charge in [0, 0.05) is 21.7 Å². The number of carbonyl (C=O) groups is 1. The molecule has 4 rings (SSSR count). The van der Waals surface area contributed by atoms with Gasteiger partial charge in [0.2, 0.25) is 0 Å². The molecule has 5 nitrogen and oxygen atoms in total. The van der Waals surface area contributed by atoms with Crippen LogP contribution < -0.4 is 15.4 Å². The predicted molar refractivity (Wildman–Crippen MR) is 111 cm³/mol. The molecule has 2 amide bonds. The van der Waals surface area contributed by atoms with Gasteiger partial charge < -0.3 is 10.1 Å². The Hall–Kier alpha value is -3.38.